The molecule has 0 radical (unpaired) electrons. The van der Waals surface area contributed by atoms with E-state index in [9.17, 15) is 18.0 Å². The number of sulfonamides is 1. The van der Waals surface area contributed by atoms with Crippen LogP contribution in [0.1, 0.15) is 25.7 Å². The Balaban J connectivity index is 1.20. The van der Waals surface area contributed by atoms with Crippen molar-refractivity contribution < 1.29 is 18.0 Å². The first kappa shape index (κ1) is 23.8. The highest BCUT2D eigenvalue weighted by Crippen LogP contribution is 2.29. The Morgan fingerprint density at radius 1 is 0.912 bits per heavy atom. The highest BCUT2D eigenvalue weighted by Gasteiger charge is 2.27. The third-order valence-corrected chi connectivity index (χ3v) is 7.62. The van der Waals surface area contributed by atoms with E-state index in [-0.39, 0.29) is 35.1 Å². The van der Waals surface area contributed by atoms with E-state index in [0.717, 1.165) is 23.7 Å². The van der Waals surface area contributed by atoms with Gasteiger partial charge in [-0.2, -0.15) is 0 Å². The Morgan fingerprint density at radius 2 is 1.68 bits per heavy atom. The fourth-order valence-corrected chi connectivity index (χ4v) is 5.40. The Bertz CT molecular complexity index is 1250. The van der Waals surface area contributed by atoms with E-state index in [1.54, 1.807) is 42.6 Å². The molecule has 0 bridgehead atoms. The molecule has 178 valence electrons. The van der Waals surface area contributed by atoms with Crippen LogP contribution in [0.3, 0.4) is 0 Å². The molecule has 1 aromatic heterocycles. The van der Waals surface area contributed by atoms with Gasteiger partial charge in [0.2, 0.25) is 21.8 Å². The summed E-state index contributed by atoms with van der Waals surface area (Å²) in [6.07, 6.45) is 4.54. The second-order valence-electron chi connectivity index (χ2n) is 8.52. The number of benzene rings is 2. The van der Waals surface area contributed by atoms with Gasteiger partial charge in [0, 0.05) is 24.0 Å². The third-order valence-electron chi connectivity index (χ3n) is 6.18. The summed E-state index contributed by atoms with van der Waals surface area (Å²) in [5.41, 5.74) is 1.44. The summed E-state index contributed by atoms with van der Waals surface area (Å²) in [6, 6.07) is 17.5. The molecule has 1 heterocycles. The van der Waals surface area contributed by atoms with Crippen molar-refractivity contribution in [3.63, 3.8) is 0 Å². The molecule has 2 aromatic carbocycles. The lowest BCUT2D eigenvalue weighted by molar-refractivity contribution is -0.128. The van der Waals surface area contributed by atoms with Crippen LogP contribution in [0, 0.1) is 11.8 Å². The number of amides is 2. The first-order valence-corrected chi connectivity index (χ1v) is 12.9. The van der Waals surface area contributed by atoms with E-state index >= 15 is 0 Å². The van der Waals surface area contributed by atoms with E-state index in [0.29, 0.717) is 25.1 Å². The van der Waals surface area contributed by atoms with Crippen LogP contribution in [0.2, 0.25) is 0 Å². The van der Waals surface area contributed by atoms with Gasteiger partial charge in [-0.25, -0.2) is 13.1 Å². The van der Waals surface area contributed by atoms with Crippen LogP contribution in [0.15, 0.2) is 71.8 Å². The first-order valence-electron chi connectivity index (χ1n) is 11.4. The Morgan fingerprint density at radius 3 is 2.44 bits per heavy atom. The van der Waals surface area contributed by atoms with Crippen LogP contribution in [-0.4, -0.2) is 38.3 Å². The fraction of sp³-hybridized carbons (Fsp3) is 0.320. The Kier molecular flexibility index (Phi) is 7.54. The number of carbonyl (C=O) groups is 2. The molecule has 0 atom stereocenters. The minimum atomic E-state index is -3.53. The molecule has 9 heteroatoms. The molecular formula is C25H28N4O4S. The standard InChI is InChI=1S/C25H28N4O4S/c30-24(29-23-10-4-9-22-21(23)8-5-15-26-22)17-27-25(31)19-13-11-18(12-14-19)16-28-34(32,33)20-6-2-1-3-7-20/h1-10,15,18-19,28H,11-14,16-17H2,(H,27,31)(H,29,30). The van der Waals surface area contributed by atoms with Gasteiger partial charge in [-0.05, 0) is 68.0 Å². The van der Waals surface area contributed by atoms with Crippen molar-refractivity contribution in [3.05, 3.63) is 66.9 Å². The summed E-state index contributed by atoms with van der Waals surface area (Å²) in [7, 11) is -3.53. The summed E-state index contributed by atoms with van der Waals surface area (Å²) >= 11 is 0. The van der Waals surface area contributed by atoms with Crippen LogP contribution in [0.5, 0.6) is 0 Å². The van der Waals surface area contributed by atoms with Gasteiger partial charge in [0.25, 0.3) is 0 Å². The predicted octanol–water partition coefficient (Wildman–Crippen LogP) is 3.07. The van der Waals surface area contributed by atoms with Crippen LogP contribution in [0.25, 0.3) is 10.9 Å². The van der Waals surface area contributed by atoms with Gasteiger partial charge >= 0.3 is 0 Å². The van der Waals surface area contributed by atoms with E-state index in [2.05, 4.69) is 20.3 Å². The molecule has 0 saturated heterocycles. The number of aromatic nitrogens is 1. The van der Waals surface area contributed by atoms with Gasteiger partial charge in [0.05, 0.1) is 22.6 Å². The number of anilines is 1. The van der Waals surface area contributed by atoms with Crippen molar-refractivity contribution in [1.29, 1.82) is 0 Å². The van der Waals surface area contributed by atoms with Crippen LogP contribution in [-0.2, 0) is 19.6 Å². The fourth-order valence-electron chi connectivity index (χ4n) is 4.26. The average molecular weight is 481 g/mol. The molecule has 0 spiro atoms. The van der Waals surface area contributed by atoms with E-state index in [1.165, 1.54) is 0 Å². The highest BCUT2D eigenvalue weighted by molar-refractivity contribution is 7.89. The normalized spacial score (nSPS) is 18.4. The van der Waals surface area contributed by atoms with E-state index in [4.69, 9.17) is 0 Å². The van der Waals surface area contributed by atoms with Gasteiger partial charge in [-0.3, -0.25) is 14.6 Å². The summed E-state index contributed by atoms with van der Waals surface area (Å²) in [4.78, 5) is 29.5. The maximum absolute atomic E-state index is 12.6. The van der Waals surface area contributed by atoms with Gasteiger partial charge < -0.3 is 10.6 Å². The molecule has 8 nitrogen and oxygen atoms in total. The average Bonchev–Trinajstić information content (AvgIpc) is 2.87. The van der Waals surface area contributed by atoms with Crippen molar-refractivity contribution in [1.82, 2.24) is 15.0 Å². The molecule has 3 N–H and O–H groups in total. The number of hydrogen-bond acceptors (Lipinski definition) is 5. The molecule has 1 aliphatic rings. The van der Waals surface area contributed by atoms with Crippen molar-refractivity contribution >= 4 is 38.4 Å². The molecule has 0 unspecified atom stereocenters. The third kappa shape index (κ3) is 5.98. The van der Waals surface area contributed by atoms with Crippen molar-refractivity contribution in [3.8, 4) is 0 Å². The number of rotatable bonds is 8. The zero-order valence-corrected chi connectivity index (χ0v) is 19.6. The quantitative estimate of drug-likeness (QED) is 0.458. The molecule has 3 aromatic rings. The second-order valence-corrected chi connectivity index (χ2v) is 10.3. The van der Waals surface area contributed by atoms with Gasteiger partial charge in [-0.15, -0.1) is 0 Å². The Labute approximate surface area is 199 Å². The largest absolute Gasteiger partial charge is 0.347 e. The number of hydrogen-bond donors (Lipinski definition) is 3. The number of carbonyl (C=O) groups excluding carboxylic acids is 2. The van der Waals surface area contributed by atoms with Gasteiger partial charge in [-0.1, -0.05) is 24.3 Å². The van der Waals surface area contributed by atoms with Crippen molar-refractivity contribution in [2.24, 2.45) is 11.8 Å². The first-order chi connectivity index (χ1) is 16.4. The van der Waals surface area contributed by atoms with Gasteiger partial charge in [0.1, 0.15) is 0 Å². The van der Waals surface area contributed by atoms with Gasteiger partial charge in [0.15, 0.2) is 0 Å². The molecule has 4 rings (SSSR count). The van der Waals surface area contributed by atoms with E-state index in [1.807, 2.05) is 24.3 Å². The number of pyridine rings is 1. The summed E-state index contributed by atoms with van der Waals surface area (Å²) in [6.45, 7) is 0.250. The Hall–Kier alpha value is -3.30. The summed E-state index contributed by atoms with van der Waals surface area (Å²) in [5.74, 6) is -0.422. The molecule has 0 aliphatic heterocycles. The van der Waals surface area contributed by atoms with Crippen LogP contribution in [0.4, 0.5) is 5.69 Å². The maximum atomic E-state index is 12.6. The van der Waals surface area contributed by atoms with E-state index < -0.39 is 10.0 Å². The molecule has 2 amide bonds. The summed E-state index contributed by atoms with van der Waals surface area (Å²) < 4.78 is 27.4. The van der Waals surface area contributed by atoms with Crippen LogP contribution < -0.4 is 15.4 Å². The lowest BCUT2D eigenvalue weighted by Crippen LogP contribution is -2.39. The molecule has 1 aliphatic carbocycles. The zero-order valence-electron chi connectivity index (χ0n) is 18.7. The molecule has 1 saturated carbocycles. The maximum Gasteiger partial charge on any atom is 0.243 e. The SMILES string of the molecule is O=C(CNC(=O)C1CCC(CNS(=O)(=O)c2ccccc2)CC1)Nc1cccc2ncccc12. The summed E-state index contributed by atoms with van der Waals surface area (Å²) in [5, 5.41) is 6.41. The monoisotopic (exact) mass is 480 g/mol. The minimum absolute atomic E-state index is 0.105. The minimum Gasteiger partial charge on any atom is -0.347 e. The van der Waals surface area contributed by atoms with Crippen LogP contribution >= 0.6 is 0 Å². The predicted molar refractivity (Wildman–Crippen MR) is 130 cm³/mol. The highest BCUT2D eigenvalue weighted by atomic mass is 32.2. The second kappa shape index (κ2) is 10.8. The lowest BCUT2D eigenvalue weighted by atomic mass is 9.81. The number of nitrogens with one attached hydrogen (secondary N) is 3. The van der Waals surface area contributed by atoms with Crippen molar-refractivity contribution in [2.75, 3.05) is 18.4 Å². The topological polar surface area (TPSA) is 117 Å². The zero-order chi connectivity index (χ0) is 24.0. The molecule has 1 fully saturated rings. The molecular weight excluding hydrogens is 452 g/mol. The smallest absolute Gasteiger partial charge is 0.243 e. The van der Waals surface area contributed by atoms with Crippen molar-refractivity contribution in [2.45, 2.75) is 30.6 Å². The molecule has 34 heavy (non-hydrogen) atoms. The number of nitrogens with zero attached hydrogens (tertiary/aromatic N) is 1. The lowest BCUT2D eigenvalue weighted by Gasteiger charge is -2.27. The number of fused-ring (bicyclic) bond motifs is 1.